The molecule has 1 N–H and O–H groups in total. The molecular weight excluding hydrogens is 401 g/mol. The Kier molecular flexibility index (Phi) is 5.73. The number of fused-ring (bicyclic) bond motifs is 1. The maximum Gasteiger partial charge on any atom is 0.422 e. The molecule has 30 heavy (non-hydrogen) atoms. The second-order valence-electron chi connectivity index (χ2n) is 6.42. The molecule has 0 spiro atoms. The van der Waals surface area contributed by atoms with Crippen LogP contribution in [0, 0.1) is 18.3 Å². The van der Waals surface area contributed by atoms with Crippen LogP contribution in [0.5, 0.6) is 5.75 Å². The van der Waals surface area contributed by atoms with Crippen LogP contribution in [0.25, 0.3) is 10.9 Å². The molecular formula is C20H15F3N4O3. The maximum atomic E-state index is 12.6. The van der Waals surface area contributed by atoms with E-state index in [0.717, 1.165) is 16.2 Å². The highest BCUT2D eigenvalue weighted by molar-refractivity contribution is 5.91. The van der Waals surface area contributed by atoms with Crippen LogP contribution in [0.15, 0.2) is 47.5 Å². The number of rotatable bonds is 5. The molecule has 0 unspecified atom stereocenters. The number of nitriles is 1. The van der Waals surface area contributed by atoms with Gasteiger partial charge in [-0.25, -0.2) is 4.98 Å². The minimum absolute atomic E-state index is 0.169. The lowest BCUT2D eigenvalue weighted by atomic mass is 10.1. The van der Waals surface area contributed by atoms with Gasteiger partial charge in [0, 0.05) is 5.69 Å². The Morgan fingerprint density at radius 1 is 1.30 bits per heavy atom. The molecule has 0 bridgehead atoms. The Bertz CT molecular complexity index is 1210. The average molecular weight is 416 g/mol. The minimum Gasteiger partial charge on any atom is -0.483 e. The molecule has 0 saturated carbocycles. The number of amides is 1. The lowest BCUT2D eigenvalue weighted by Gasteiger charge is -2.12. The van der Waals surface area contributed by atoms with E-state index in [1.807, 2.05) is 13.0 Å². The van der Waals surface area contributed by atoms with Crippen molar-refractivity contribution in [1.29, 1.82) is 5.26 Å². The smallest absolute Gasteiger partial charge is 0.422 e. The van der Waals surface area contributed by atoms with Gasteiger partial charge < -0.3 is 10.1 Å². The summed E-state index contributed by atoms with van der Waals surface area (Å²) < 4.78 is 42.6. The van der Waals surface area contributed by atoms with E-state index in [0.29, 0.717) is 10.9 Å². The van der Waals surface area contributed by atoms with E-state index < -0.39 is 18.7 Å². The van der Waals surface area contributed by atoms with E-state index in [1.165, 1.54) is 18.5 Å². The fourth-order valence-corrected chi connectivity index (χ4v) is 2.79. The van der Waals surface area contributed by atoms with Gasteiger partial charge >= 0.3 is 6.18 Å². The second-order valence-corrected chi connectivity index (χ2v) is 6.42. The molecule has 1 aromatic heterocycles. The molecule has 0 aliphatic rings. The fraction of sp³-hybridized carbons (Fsp3) is 0.200. The first-order valence-electron chi connectivity index (χ1n) is 8.66. The summed E-state index contributed by atoms with van der Waals surface area (Å²) in [6, 6.07) is 10.5. The predicted octanol–water partition coefficient (Wildman–Crippen LogP) is 3.16. The van der Waals surface area contributed by atoms with Crippen LogP contribution in [-0.4, -0.2) is 28.2 Å². The Hall–Kier alpha value is -3.87. The van der Waals surface area contributed by atoms with Crippen LogP contribution >= 0.6 is 0 Å². The van der Waals surface area contributed by atoms with Gasteiger partial charge in [0.25, 0.3) is 5.56 Å². The van der Waals surface area contributed by atoms with E-state index >= 15 is 0 Å². The fourth-order valence-electron chi connectivity index (χ4n) is 2.79. The molecule has 0 aliphatic heterocycles. The van der Waals surface area contributed by atoms with Crippen LogP contribution in [0.2, 0.25) is 0 Å². The summed E-state index contributed by atoms with van der Waals surface area (Å²) in [7, 11) is 0. The van der Waals surface area contributed by atoms with E-state index in [9.17, 15) is 22.8 Å². The summed E-state index contributed by atoms with van der Waals surface area (Å²) in [6.07, 6.45) is -3.27. The summed E-state index contributed by atoms with van der Waals surface area (Å²) >= 11 is 0. The standard InChI is InChI=1S/C20H15F3N4O3/c1-12-3-2-4-15-18(12)25-11-27(19(15)29)9-17(28)26-14-5-6-16(13(7-14)8-24)30-10-20(21,22)23/h2-7,11H,9-10H2,1H3,(H,26,28). The highest BCUT2D eigenvalue weighted by atomic mass is 19.4. The highest BCUT2D eigenvalue weighted by Crippen LogP contribution is 2.25. The Balaban J connectivity index is 1.75. The Morgan fingerprint density at radius 3 is 2.77 bits per heavy atom. The summed E-state index contributed by atoms with van der Waals surface area (Å²) in [5.74, 6) is -0.822. The average Bonchev–Trinajstić information content (AvgIpc) is 2.69. The van der Waals surface area contributed by atoms with Gasteiger partial charge in [-0.05, 0) is 36.8 Å². The van der Waals surface area contributed by atoms with Crippen molar-refractivity contribution in [3.05, 3.63) is 64.2 Å². The van der Waals surface area contributed by atoms with Crippen molar-refractivity contribution in [3.63, 3.8) is 0 Å². The highest BCUT2D eigenvalue weighted by Gasteiger charge is 2.28. The summed E-state index contributed by atoms with van der Waals surface area (Å²) in [5, 5.41) is 12.0. The molecule has 2 aromatic carbocycles. The van der Waals surface area contributed by atoms with Gasteiger partial charge in [-0.3, -0.25) is 14.2 Å². The zero-order valence-corrected chi connectivity index (χ0v) is 15.7. The van der Waals surface area contributed by atoms with Crippen molar-refractivity contribution in [2.24, 2.45) is 0 Å². The Labute approximate surface area is 168 Å². The zero-order valence-electron chi connectivity index (χ0n) is 15.7. The van der Waals surface area contributed by atoms with Gasteiger partial charge in [0.1, 0.15) is 18.4 Å². The quantitative estimate of drug-likeness (QED) is 0.689. The SMILES string of the molecule is Cc1cccc2c(=O)n(CC(=O)Nc3ccc(OCC(F)(F)F)c(C#N)c3)cnc12. The molecule has 0 aliphatic carbocycles. The number of aromatic nitrogens is 2. The third-order valence-corrected chi connectivity index (χ3v) is 4.14. The number of benzene rings is 2. The van der Waals surface area contributed by atoms with Crippen LogP contribution in [-0.2, 0) is 11.3 Å². The Morgan fingerprint density at radius 2 is 2.07 bits per heavy atom. The van der Waals surface area contributed by atoms with Crippen LogP contribution in [0.3, 0.4) is 0 Å². The first-order chi connectivity index (χ1) is 14.2. The lowest BCUT2D eigenvalue weighted by Crippen LogP contribution is -2.28. The normalized spacial score (nSPS) is 11.2. The zero-order chi connectivity index (χ0) is 21.9. The van der Waals surface area contributed by atoms with E-state index in [1.54, 1.807) is 18.2 Å². The van der Waals surface area contributed by atoms with Gasteiger partial charge in [0.15, 0.2) is 6.61 Å². The molecule has 7 nitrogen and oxygen atoms in total. The van der Waals surface area contributed by atoms with Crippen molar-refractivity contribution in [2.45, 2.75) is 19.6 Å². The number of alkyl halides is 3. The number of anilines is 1. The molecule has 0 fully saturated rings. The van der Waals surface area contributed by atoms with Gasteiger partial charge in [0.2, 0.25) is 5.91 Å². The summed E-state index contributed by atoms with van der Waals surface area (Å²) in [6.45, 7) is -0.0463. The monoisotopic (exact) mass is 416 g/mol. The number of aryl methyl sites for hydroxylation is 1. The number of para-hydroxylation sites is 1. The van der Waals surface area contributed by atoms with Gasteiger partial charge in [-0.1, -0.05) is 12.1 Å². The number of hydrogen-bond acceptors (Lipinski definition) is 5. The number of carbonyl (C=O) groups excluding carboxylic acids is 1. The van der Waals surface area contributed by atoms with Crippen molar-refractivity contribution in [2.75, 3.05) is 11.9 Å². The predicted molar refractivity (Wildman–Crippen MR) is 102 cm³/mol. The molecule has 154 valence electrons. The molecule has 0 saturated heterocycles. The van der Waals surface area contributed by atoms with E-state index in [4.69, 9.17) is 5.26 Å². The molecule has 1 amide bonds. The molecule has 0 radical (unpaired) electrons. The van der Waals surface area contributed by atoms with Gasteiger partial charge in [-0.2, -0.15) is 18.4 Å². The van der Waals surface area contributed by atoms with Crippen molar-refractivity contribution < 1.29 is 22.7 Å². The maximum absolute atomic E-state index is 12.6. The molecule has 1 heterocycles. The first-order valence-corrected chi connectivity index (χ1v) is 8.66. The van der Waals surface area contributed by atoms with E-state index in [-0.39, 0.29) is 29.1 Å². The number of nitrogens with one attached hydrogen (secondary N) is 1. The number of hydrogen-bond donors (Lipinski definition) is 1. The summed E-state index contributed by atoms with van der Waals surface area (Å²) in [5.41, 5.74) is 1.00. The molecule has 3 aromatic rings. The number of ether oxygens (including phenoxy) is 1. The number of nitrogens with zero attached hydrogens (tertiary/aromatic N) is 3. The molecule has 0 atom stereocenters. The molecule has 3 rings (SSSR count). The topological polar surface area (TPSA) is 97.0 Å². The van der Waals surface area contributed by atoms with Gasteiger partial charge in [-0.15, -0.1) is 0 Å². The van der Waals surface area contributed by atoms with Gasteiger partial charge in [0.05, 0.1) is 22.8 Å². The summed E-state index contributed by atoms with van der Waals surface area (Å²) in [4.78, 5) is 29.1. The van der Waals surface area contributed by atoms with Crippen LogP contribution in [0.1, 0.15) is 11.1 Å². The van der Waals surface area contributed by atoms with E-state index in [2.05, 4.69) is 15.0 Å². The number of carbonyl (C=O) groups is 1. The van der Waals surface area contributed by atoms with Crippen LogP contribution in [0.4, 0.5) is 18.9 Å². The second kappa shape index (κ2) is 8.24. The lowest BCUT2D eigenvalue weighted by molar-refractivity contribution is -0.153. The molecule has 10 heteroatoms. The largest absolute Gasteiger partial charge is 0.483 e. The first kappa shape index (κ1) is 20.9. The number of halogens is 3. The minimum atomic E-state index is -4.54. The van der Waals surface area contributed by atoms with Crippen molar-refractivity contribution in [3.8, 4) is 11.8 Å². The van der Waals surface area contributed by atoms with Crippen molar-refractivity contribution in [1.82, 2.24) is 9.55 Å². The third-order valence-electron chi connectivity index (χ3n) is 4.14. The third kappa shape index (κ3) is 4.75. The van der Waals surface area contributed by atoms with Crippen LogP contribution < -0.4 is 15.6 Å². The van der Waals surface area contributed by atoms with Crippen molar-refractivity contribution >= 4 is 22.5 Å².